The van der Waals surface area contributed by atoms with Crippen molar-refractivity contribution in [1.82, 2.24) is 5.43 Å². The summed E-state index contributed by atoms with van der Waals surface area (Å²) in [6.07, 6.45) is 0.796. The number of carbonyl (C=O) groups excluding carboxylic acids is 2. The molecule has 0 radical (unpaired) electrons. The molecule has 2 rings (SSSR count). The second kappa shape index (κ2) is 7.56. The van der Waals surface area contributed by atoms with Crippen LogP contribution in [0.3, 0.4) is 0 Å². The zero-order valence-corrected chi connectivity index (χ0v) is 13.6. The highest BCUT2D eigenvalue weighted by Gasteiger charge is 2.10. The van der Waals surface area contributed by atoms with Crippen LogP contribution in [0.15, 0.2) is 42.5 Å². The third-order valence-electron chi connectivity index (χ3n) is 3.65. The second-order valence-corrected chi connectivity index (χ2v) is 5.39. The maximum atomic E-state index is 12.1. The molecule has 0 aromatic heterocycles. The number of rotatable bonds is 6. The van der Waals surface area contributed by atoms with E-state index in [9.17, 15) is 9.59 Å². The fourth-order valence-corrected chi connectivity index (χ4v) is 2.36. The van der Waals surface area contributed by atoms with Crippen molar-refractivity contribution in [1.29, 1.82) is 0 Å². The quantitative estimate of drug-likeness (QED) is 0.636. The Hall–Kier alpha value is -2.66. The van der Waals surface area contributed by atoms with Gasteiger partial charge in [-0.05, 0) is 37.1 Å². The molecule has 0 aliphatic carbocycles. The maximum absolute atomic E-state index is 12.1. The minimum Gasteiger partial charge on any atom is -0.324 e. The van der Waals surface area contributed by atoms with Crippen molar-refractivity contribution < 1.29 is 9.59 Å². The summed E-state index contributed by atoms with van der Waals surface area (Å²) in [7, 11) is 1.77. The first kappa shape index (κ1) is 16.7. The molecule has 0 saturated heterocycles. The van der Waals surface area contributed by atoms with Crippen molar-refractivity contribution >= 4 is 23.6 Å². The highest BCUT2D eigenvalue weighted by Crippen LogP contribution is 2.19. The van der Waals surface area contributed by atoms with Gasteiger partial charge in [-0.2, -0.15) is 0 Å². The monoisotopic (exact) mass is 311 g/mol. The van der Waals surface area contributed by atoms with E-state index in [-0.39, 0.29) is 12.5 Å². The summed E-state index contributed by atoms with van der Waals surface area (Å²) in [6, 6.07) is 13.1. The van der Waals surface area contributed by atoms with E-state index < -0.39 is 0 Å². The Morgan fingerprint density at radius 2 is 1.74 bits per heavy atom. The highest BCUT2D eigenvalue weighted by molar-refractivity contribution is 5.94. The van der Waals surface area contributed by atoms with Gasteiger partial charge in [-0.25, -0.2) is 5.43 Å². The average Bonchev–Trinajstić information content (AvgIpc) is 2.56. The van der Waals surface area contributed by atoms with Crippen LogP contribution in [0.4, 0.5) is 11.4 Å². The molecule has 0 fully saturated rings. The molecule has 120 valence electrons. The van der Waals surface area contributed by atoms with Gasteiger partial charge in [-0.3, -0.25) is 9.59 Å². The Kier molecular flexibility index (Phi) is 5.49. The number of amides is 1. The van der Waals surface area contributed by atoms with E-state index in [1.807, 2.05) is 44.2 Å². The third-order valence-corrected chi connectivity index (χ3v) is 3.65. The Labute approximate surface area is 136 Å². The van der Waals surface area contributed by atoms with E-state index in [1.54, 1.807) is 24.2 Å². The van der Waals surface area contributed by atoms with E-state index in [1.165, 1.54) is 0 Å². The number of nitrogens with zero attached hydrogens (tertiary/aromatic N) is 1. The summed E-state index contributed by atoms with van der Waals surface area (Å²) < 4.78 is 0. The maximum Gasteiger partial charge on any atom is 0.240 e. The van der Waals surface area contributed by atoms with Crippen molar-refractivity contribution in [2.24, 2.45) is 0 Å². The van der Waals surface area contributed by atoms with E-state index >= 15 is 0 Å². The van der Waals surface area contributed by atoms with E-state index in [0.29, 0.717) is 5.56 Å². The first-order valence-electron chi connectivity index (χ1n) is 7.40. The van der Waals surface area contributed by atoms with Crippen molar-refractivity contribution in [2.45, 2.75) is 13.8 Å². The standard InChI is InChI=1S/C18H21N3O2/c1-13-7-6-8-14(2)18(13)20-17(23)11-19-21(3)16-10-5-4-9-15(16)12-22/h4-10,12,19H,11H2,1-3H3,(H,20,23). The average molecular weight is 311 g/mol. The number of anilines is 2. The molecule has 5 heteroatoms. The molecule has 0 heterocycles. The van der Waals surface area contributed by atoms with Crippen molar-refractivity contribution in [3.8, 4) is 0 Å². The summed E-state index contributed by atoms with van der Waals surface area (Å²) in [6.45, 7) is 4.03. The van der Waals surface area contributed by atoms with E-state index in [2.05, 4.69) is 10.7 Å². The molecule has 0 unspecified atom stereocenters. The van der Waals surface area contributed by atoms with Crippen LogP contribution in [0.25, 0.3) is 0 Å². The number of hydrazine groups is 1. The summed E-state index contributed by atoms with van der Waals surface area (Å²) in [5.74, 6) is -0.141. The normalized spacial score (nSPS) is 10.2. The van der Waals surface area contributed by atoms with Crippen LogP contribution in [-0.4, -0.2) is 25.8 Å². The molecule has 5 nitrogen and oxygen atoms in total. The molecule has 0 atom stereocenters. The molecule has 2 aromatic rings. The van der Waals surface area contributed by atoms with Crippen molar-refractivity contribution in [2.75, 3.05) is 23.9 Å². The van der Waals surface area contributed by atoms with E-state index in [4.69, 9.17) is 0 Å². The highest BCUT2D eigenvalue weighted by atomic mass is 16.2. The SMILES string of the molecule is Cc1cccc(C)c1NC(=O)CNN(C)c1ccccc1C=O. The van der Waals surface area contributed by atoms with Gasteiger partial charge in [0, 0.05) is 18.3 Å². The number of carbonyl (C=O) groups is 2. The second-order valence-electron chi connectivity index (χ2n) is 5.39. The number of nitrogens with one attached hydrogen (secondary N) is 2. The van der Waals surface area contributed by atoms with Crippen molar-refractivity contribution in [3.63, 3.8) is 0 Å². The number of benzene rings is 2. The van der Waals surface area contributed by atoms with Crippen LogP contribution in [0.1, 0.15) is 21.5 Å². The Morgan fingerprint density at radius 3 is 2.39 bits per heavy atom. The summed E-state index contributed by atoms with van der Waals surface area (Å²) in [4.78, 5) is 23.2. The minimum absolute atomic E-state index is 0.109. The van der Waals surface area contributed by atoms with Gasteiger partial charge in [0.1, 0.15) is 0 Å². The fourth-order valence-electron chi connectivity index (χ4n) is 2.36. The van der Waals surface area contributed by atoms with Gasteiger partial charge in [0.25, 0.3) is 0 Å². The summed E-state index contributed by atoms with van der Waals surface area (Å²) in [5.41, 5.74) is 7.18. The lowest BCUT2D eigenvalue weighted by molar-refractivity contribution is -0.115. The molecule has 0 aliphatic heterocycles. The van der Waals surface area contributed by atoms with Crippen LogP contribution in [0.2, 0.25) is 0 Å². The zero-order chi connectivity index (χ0) is 16.8. The molecular weight excluding hydrogens is 290 g/mol. The van der Waals surface area contributed by atoms with E-state index in [0.717, 1.165) is 28.8 Å². The van der Waals surface area contributed by atoms with Crippen LogP contribution in [0.5, 0.6) is 0 Å². The first-order chi connectivity index (χ1) is 11.0. The smallest absolute Gasteiger partial charge is 0.240 e. The van der Waals surface area contributed by atoms with Gasteiger partial charge < -0.3 is 10.3 Å². The number of aryl methyl sites for hydroxylation is 2. The molecule has 2 aromatic carbocycles. The van der Waals surface area contributed by atoms with Crippen molar-refractivity contribution in [3.05, 3.63) is 59.2 Å². The largest absolute Gasteiger partial charge is 0.324 e. The van der Waals surface area contributed by atoms with Crippen LogP contribution < -0.4 is 15.8 Å². The van der Waals surface area contributed by atoms with Crippen LogP contribution in [0, 0.1) is 13.8 Å². The predicted octanol–water partition coefficient (Wildman–Crippen LogP) is 2.70. The predicted molar refractivity (Wildman–Crippen MR) is 92.8 cm³/mol. The number of hydrogen-bond acceptors (Lipinski definition) is 4. The first-order valence-corrected chi connectivity index (χ1v) is 7.40. The lowest BCUT2D eigenvalue weighted by Crippen LogP contribution is -2.40. The molecule has 0 bridgehead atoms. The van der Waals surface area contributed by atoms with Gasteiger partial charge >= 0.3 is 0 Å². The van der Waals surface area contributed by atoms with Gasteiger partial charge in [-0.1, -0.05) is 30.3 Å². The number of para-hydroxylation sites is 2. The lowest BCUT2D eigenvalue weighted by Gasteiger charge is -2.22. The molecule has 2 N–H and O–H groups in total. The van der Waals surface area contributed by atoms with Crippen LogP contribution >= 0.6 is 0 Å². The van der Waals surface area contributed by atoms with Gasteiger partial charge in [0.2, 0.25) is 5.91 Å². The third kappa shape index (κ3) is 4.17. The fraction of sp³-hybridized carbons (Fsp3) is 0.222. The Bertz CT molecular complexity index is 693. The molecule has 23 heavy (non-hydrogen) atoms. The Morgan fingerprint density at radius 1 is 1.09 bits per heavy atom. The van der Waals surface area contributed by atoms with Crippen LogP contribution in [-0.2, 0) is 4.79 Å². The number of aldehydes is 1. The van der Waals surface area contributed by atoms with Gasteiger partial charge in [0.15, 0.2) is 6.29 Å². The minimum atomic E-state index is -0.141. The molecule has 0 aliphatic rings. The lowest BCUT2D eigenvalue weighted by atomic mass is 10.1. The zero-order valence-electron chi connectivity index (χ0n) is 13.6. The molecule has 0 spiro atoms. The molecule has 0 saturated carbocycles. The number of hydrogen-bond donors (Lipinski definition) is 2. The van der Waals surface area contributed by atoms with Gasteiger partial charge in [-0.15, -0.1) is 0 Å². The Balaban J connectivity index is 1.98. The summed E-state index contributed by atoms with van der Waals surface area (Å²) in [5, 5.41) is 4.59. The topological polar surface area (TPSA) is 61.4 Å². The molecule has 1 amide bonds. The molecular formula is C18H21N3O2. The summed E-state index contributed by atoms with van der Waals surface area (Å²) >= 11 is 0. The van der Waals surface area contributed by atoms with Gasteiger partial charge in [0.05, 0.1) is 12.2 Å².